The molecule has 1 N–H and O–H groups in total. The topological polar surface area (TPSA) is 88.2 Å². The monoisotopic (exact) mass is 491 g/mol. The number of allylic oxidation sites excluding steroid dienone is 1. The number of anilines is 2. The van der Waals surface area contributed by atoms with Crippen LogP contribution in [0, 0.1) is 0 Å². The molecule has 2 aromatic rings. The maximum atomic E-state index is 13.5. The van der Waals surface area contributed by atoms with Gasteiger partial charge in [0.25, 0.3) is 5.91 Å². The zero-order chi connectivity index (χ0) is 25.5. The number of urea groups is 1. The van der Waals surface area contributed by atoms with Crippen LogP contribution in [0.3, 0.4) is 0 Å². The van der Waals surface area contributed by atoms with E-state index >= 15 is 0 Å². The van der Waals surface area contributed by atoms with Crippen LogP contribution in [0.5, 0.6) is 11.5 Å². The Morgan fingerprint density at radius 3 is 2.58 bits per heavy atom. The largest absolute Gasteiger partial charge is 0.497 e. The van der Waals surface area contributed by atoms with Gasteiger partial charge in [-0.3, -0.25) is 9.59 Å². The van der Waals surface area contributed by atoms with Crippen molar-refractivity contribution in [3.8, 4) is 11.5 Å². The van der Waals surface area contributed by atoms with Crippen LogP contribution >= 0.6 is 0 Å². The molecular formula is C28H33N3O5. The molecule has 8 nitrogen and oxygen atoms in total. The molecule has 190 valence electrons. The molecule has 1 saturated heterocycles. The Labute approximate surface area is 211 Å². The molecule has 0 aromatic heterocycles. The van der Waals surface area contributed by atoms with Crippen LogP contribution in [0.4, 0.5) is 16.2 Å². The maximum absolute atomic E-state index is 13.5. The molecule has 36 heavy (non-hydrogen) atoms. The quantitative estimate of drug-likeness (QED) is 0.367. The number of nitrogens with one attached hydrogen (secondary N) is 1. The van der Waals surface area contributed by atoms with E-state index in [1.54, 1.807) is 48.5 Å². The maximum Gasteiger partial charge on any atom is 0.332 e. The van der Waals surface area contributed by atoms with E-state index in [0.29, 0.717) is 42.4 Å². The van der Waals surface area contributed by atoms with E-state index in [2.05, 4.69) is 11.4 Å². The number of rotatable bonds is 10. The van der Waals surface area contributed by atoms with Crippen molar-refractivity contribution in [3.05, 3.63) is 60.2 Å². The molecule has 0 spiro atoms. The zero-order valence-electron chi connectivity index (χ0n) is 20.9. The number of amides is 4. The van der Waals surface area contributed by atoms with Gasteiger partial charge in [0, 0.05) is 18.3 Å². The number of carbonyl (C=O) groups excluding carboxylic acids is 3. The van der Waals surface area contributed by atoms with Crippen molar-refractivity contribution in [3.63, 3.8) is 0 Å². The van der Waals surface area contributed by atoms with Crippen molar-refractivity contribution in [1.29, 1.82) is 0 Å². The molecule has 1 aliphatic heterocycles. The second-order valence-electron chi connectivity index (χ2n) is 8.93. The average Bonchev–Trinajstić information content (AvgIpc) is 3.13. The standard InChI is InChI=1S/C28H33N3O5/c1-3-36-23-14-12-21(13-15-23)29-26(32)19-25-27(33)31(22-10-7-11-24(18-22)35-2)28(34)30(25)17-16-20-8-5-4-6-9-20/h7-8,10-15,18,25H,3-6,9,16-17,19H2,1-2H3,(H,29,32)/t25-/m0/s1. The first-order valence-electron chi connectivity index (χ1n) is 12.5. The van der Waals surface area contributed by atoms with Crippen molar-refractivity contribution in [2.75, 3.05) is 30.5 Å². The van der Waals surface area contributed by atoms with Gasteiger partial charge < -0.3 is 19.7 Å². The molecule has 4 rings (SSSR count). The zero-order valence-corrected chi connectivity index (χ0v) is 20.9. The molecule has 0 unspecified atom stereocenters. The summed E-state index contributed by atoms with van der Waals surface area (Å²) < 4.78 is 10.7. The molecule has 1 heterocycles. The van der Waals surface area contributed by atoms with E-state index < -0.39 is 18.0 Å². The Kier molecular flexibility index (Phi) is 8.25. The number of benzene rings is 2. The van der Waals surface area contributed by atoms with E-state index in [1.807, 2.05) is 6.92 Å². The predicted octanol–water partition coefficient (Wildman–Crippen LogP) is 5.15. The average molecular weight is 492 g/mol. The van der Waals surface area contributed by atoms with Crippen LogP contribution < -0.4 is 19.7 Å². The summed E-state index contributed by atoms with van der Waals surface area (Å²) in [6.07, 6.45) is 7.19. The third-order valence-corrected chi connectivity index (χ3v) is 6.52. The van der Waals surface area contributed by atoms with Gasteiger partial charge in [0.15, 0.2) is 0 Å². The fourth-order valence-electron chi connectivity index (χ4n) is 4.66. The van der Waals surface area contributed by atoms with Gasteiger partial charge in [0.05, 0.1) is 25.8 Å². The molecule has 2 aromatic carbocycles. The van der Waals surface area contributed by atoms with Crippen molar-refractivity contribution >= 4 is 29.2 Å². The third-order valence-electron chi connectivity index (χ3n) is 6.52. The highest BCUT2D eigenvalue weighted by Crippen LogP contribution is 2.31. The number of imide groups is 1. The number of hydrogen-bond donors (Lipinski definition) is 1. The smallest absolute Gasteiger partial charge is 0.332 e. The highest BCUT2D eigenvalue weighted by atomic mass is 16.5. The number of hydrogen-bond acceptors (Lipinski definition) is 5. The first-order valence-corrected chi connectivity index (χ1v) is 12.5. The fourth-order valence-corrected chi connectivity index (χ4v) is 4.66. The summed E-state index contributed by atoms with van der Waals surface area (Å²) in [4.78, 5) is 42.6. The summed E-state index contributed by atoms with van der Waals surface area (Å²) in [6.45, 7) is 2.85. The minimum Gasteiger partial charge on any atom is -0.497 e. The summed E-state index contributed by atoms with van der Waals surface area (Å²) in [5.74, 6) is 0.514. The van der Waals surface area contributed by atoms with E-state index in [4.69, 9.17) is 9.47 Å². The Hall–Kier alpha value is -3.81. The number of carbonyl (C=O) groups is 3. The van der Waals surface area contributed by atoms with Gasteiger partial charge in [-0.15, -0.1) is 0 Å². The highest BCUT2D eigenvalue weighted by Gasteiger charge is 2.46. The fraction of sp³-hybridized carbons (Fsp3) is 0.393. The van der Waals surface area contributed by atoms with Gasteiger partial charge >= 0.3 is 6.03 Å². The normalized spacial score (nSPS) is 17.7. The molecule has 0 bridgehead atoms. The minimum absolute atomic E-state index is 0.128. The van der Waals surface area contributed by atoms with Gasteiger partial charge in [-0.25, -0.2) is 9.69 Å². The lowest BCUT2D eigenvalue weighted by atomic mass is 9.97. The highest BCUT2D eigenvalue weighted by molar-refractivity contribution is 6.22. The number of ether oxygens (including phenoxy) is 2. The van der Waals surface area contributed by atoms with E-state index in [9.17, 15) is 14.4 Å². The Bertz CT molecular complexity index is 1130. The molecule has 0 saturated carbocycles. The van der Waals surface area contributed by atoms with Gasteiger partial charge in [-0.05, 0) is 75.4 Å². The second kappa shape index (κ2) is 11.7. The van der Waals surface area contributed by atoms with Crippen molar-refractivity contribution in [1.82, 2.24) is 4.90 Å². The molecule has 0 radical (unpaired) electrons. The first-order chi connectivity index (χ1) is 17.5. The second-order valence-corrected chi connectivity index (χ2v) is 8.93. The van der Waals surface area contributed by atoms with Gasteiger partial charge in [-0.1, -0.05) is 17.7 Å². The molecule has 1 aliphatic carbocycles. The van der Waals surface area contributed by atoms with E-state index in [0.717, 1.165) is 24.2 Å². The van der Waals surface area contributed by atoms with Crippen molar-refractivity contribution < 1.29 is 23.9 Å². The molecule has 1 fully saturated rings. The number of nitrogens with zero attached hydrogens (tertiary/aromatic N) is 2. The van der Waals surface area contributed by atoms with E-state index in [1.165, 1.54) is 24.0 Å². The Morgan fingerprint density at radius 1 is 1.08 bits per heavy atom. The third kappa shape index (κ3) is 5.87. The van der Waals surface area contributed by atoms with E-state index in [-0.39, 0.29) is 12.3 Å². The lowest BCUT2D eigenvalue weighted by molar-refractivity contribution is -0.124. The van der Waals surface area contributed by atoms with Crippen LogP contribution in [-0.2, 0) is 9.59 Å². The van der Waals surface area contributed by atoms with Crippen LogP contribution in [0.2, 0.25) is 0 Å². The number of methoxy groups -OCH3 is 1. The lowest BCUT2D eigenvalue weighted by Crippen LogP contribution is -2.38. The van der Waals surface area contributed by atoms with Gasteiger partial charge in [-0.2, -0.15) is 0 Å². The van der Waals surface area contributed by atoms with Crippen LogP contribution in [-0.4, -0.2) is 49.0 Å². The summed E-state index contributed by atoms with van der Waals surface area (Å²) in [5.41, 5.74) is 2.34. The SMILES string of the molecule is CCOc1ccc(NC(=O)C[C@H]2C(=O)N(c3cccc(OC)c3)C(=O)N2CCC2=CCCCC2)cc1. The molecule has 1 atom stereocenters. The molecular weight excluding hydrogens is 458 g/mol. The lowest BCUT2D eigenvalue weighted by Gasteiger charge is -2.23. The van der Waals surface area contributed by atoms with Crippen molar-refractivity contribution in [2.45, 2.75) is 51.5 Å². The van der Waals surface area contributed by atoms with Crippen molar-refractivity contribution in [2.24, 2.45) is 0 Å². The summed E-state index contributed by atoms with van der Waals surface area (Å²) in [6, 6.07) is 12.6. The Balaban J connectivity index is 1.52. The molecule has 8 heteroatoms. The summed E-state index contributed by atoms with van der Waals surface area (Å²) in [5, 5.41) is 2.84. The molecule has 2 aliphatic rings. The van der Waals surface area contributed by atoms with Crippen LogP contribution in [0.25, 0.3) is 0 Å². The first kappa shape index (κ1) is 25.3. The van der Waals surface area contributed by atoms with Gasteiger partial charge in [0.1, 0.15) is 17.5 Å². The summed E-state index contributed by atoms with van der Waals surface area (Å²) in [7, 11) is 1.53. The predicted molar refractivity (Wildman–Crippen MR) is 138 cm³/mol. The van der Waals surface area contributed by atoms with Crippen LogP contribution in [0.15, 0.2) is 60.2 Å². The van der Waals surface area contributed by atoms with Gasteiger partial charge in [0.2, 0.25) is 5.91 Å². The van der Waals surface area contributed by atoms with Crippen LogP contribution in [0.1, 0.15) is 45.4 Å². The minimum atomic E-state index is -0.879. The summed E-state index contributed by atoms with van der Waals surface area (Å²) >= 11 is 0. The Morgan fingerprint density at radius 2 is 1.89 bits per heavy atom. The molecule has 4 amide bonds.